The van der Waals surface area contributed by atoms with E-state index in [2.05, 4.69) is 9.97 Å². The van der Waals surface area contributed by atoms with E-state index < -0.39 is 5.97 Å². The van der Waals surface area contributed by atoms with E-state index in [4.69, 9.17) is 4.74 Å². The highest BCUT2D eigenvalue weighted by Crippen LogP contribution is 2.13. The summed E-state index contributed by atoms with van der Waals surface area (Å²) in [6.07, 6.45) is 3.18. The highest BCUT2D eigenvalue weighted by molar-refractivity contribution is 5.95. The number of amides is 1. The third-order valence-electron chi connectivity index (χ3n) is 3.30. The number of carbonyl (C=O) groups is 2. The van der Waals surface area contributed by atoms with Gasteiger partial charge < -0.3 is 14.5 Å². The van der Waals surface area contributed by atoms with E-state index in [1.807, 2.05) is 37.3 Å². The second-order valence-corrected chi connectivity index (χ2v) is 5.04. The van der Waals surface area contributed by atoms with Gasteiger partial charge in [0.15, 0.2) is 6.61 Å². The highest BCUT2D eigenvalue weighted by atomic mass is 16.5. The summed E-state index contributed by atoms with van der Waals surface area (Å²) in [5, 5.41) is 0. The number of rotatable bonds is 7. The maximum absolute atomic E-state index is 12.2. The zero-order valence-electron chi connectivity index (χ0n) is 13.8. The smallest absolute Gasteiger partial charge is 0.326 e. The van der Waals surface area contributed by atoms with E-state index in [-0.39, 0.29) is 19.1 Å². The maximum atomic E-state index is 12.2. The second kappa shape index (κ2) is 8.61. The summed E-state index contributed by atoms with van der Waals surface area (Å²) in [5.41, 5.74) is 0.774. The summed E-state index contributed by atoms with van der Waals surface area (Å²) < 4.78 is 5.07. The Balaban J connectivity index is 1.85. The normalized spacial score (nSPS) is 10.1. The van der Waals surface area contributed by atoms with Crippen molar-refractivity contribution in [1.82, 2.24) is 9.97 Å². The van der Waals surface area contributed by atoms with Crippen molar-refractivity contribution in [2.24, 2.45) is 0 Å². The van der Waals surface area contributed by atoms with E-state index in [0.717, 1.165) is 5.69 Å². The van der Waals surface area contributed by atoms with Gasteiger partial charge in [-0.15, -0.1) is 0 Å². The quantitative estimate of drug-likeness (QED) is 0.717. The number of nitrogens with zero attached hydrogens (tertiary/aromatic N) is 4. The Morgan fingerprint density at radius 3 is 2.38 bits per heavy atom. The van der Waals surface area contributed by atoms with Crippen molar-refractivity contribution >= 4 is 23.5 Å². The Bertz CT molecular complexity index is 664. The molecular weight excluding hydrogens is 308 g/mol. The molecule has 0 atom stereocenters. The van der Waals surface area contributed by atoms with Gasteiger partial charge in [0.2, 0.25) is 5.95 Å². The van der Waals surface area contributed by atoms with E-state index in [1.54, 1.807) is 35.3 Å². The Morgan fingerprint density at radius 2 is 1.75 bits per heavy atom. The van der Waals surface area contributed by atoms with Crippen LogP contribution in [0.4, 0.5) is 11.6 Å². The molecular formula is C17H20N4O3. The molecule has 2 aromatic rings. The molecule has 0 aliphatic rings. The maximum Gasteiger partial charge on any atom is 0.326 e. The van der Waals surface area contributed by atoms with Gasteiger partial charge >= 0.3 is 5.97 Å². The summed E-state index contributed by atoms with van der Waals surface area (Å²) in [4.78, 5) is 35.3. The van der Waals surface area contributed by atoms with Gasteiger partial charge in [0.05, 0.1) is 0 Å². The van der Waals surface area contributed by atoms with Crippen LogP contribution < -0.4 is 9.80 Å². The Morgan fingerprint density at radius 1 is 1.08 bits per heavy atom. The lowest BCUT2D eigenvalue weighted by Crippen LogP contribution is -2.36. The number of esters is 1. The first-order valence-corrected chi connectivity index (χ1v) is 7.61. The molecule has 1 heterocycles. The lowest BCUT2D eigenvalue weighted by molar-refractivity contribution is -0.146. The number of ether oxygens (including phenoxy) is 1. The molecule has 1 amide bonds. The SMILES string of the molecule is CCN(C(=O)COC(=O)CN(C)c1ncccn1)c1ccccc1. The third-order valence-corrected chi connectivity index (χ3v) is 3.30. The van der Waals surface area contributed by atoms with Crippen LogP contribution in [0.5, 0.6) is 0 Å². The van der Waals surface area contributed by atoms with Crippen molar-refractivity contribution in [3.63, 3.8) is 0 Å². The predicted molar refractivity (Wildman–Crippen MR) is 90.7 cm³/mol. The van der Waals surface area contributed by atoms with Gasteiger partial charge in [0.1, 0.15) is 6.54 Å². The summed E-state index contributed by atoms with van der Waals surface area (Å²) in [5.74, 6) is -0.363. The zero-order valence-corrected chi connectivity index (χ0v) is 13.8. The molecule has 0 bridgehead atoms. The lowest BCUT2D eigenvalue weighted by Gasteiger charge is -2.21. The van der Waals surface area contributed by atoms with Crippen LogP contribution in [-0.4, -0.2) is 48.6 Å². The van der Waals surface area contributed by atoms with Crippen LogP contribution in [0, 0.1) is 0 Å². The number of carbonyl (C=O) groups excluding carboxylic acids is 2. The first-order chi connectivity index (χ1) is 11.6. The predicted octanol–water partition coefficient (Wildman–Crippen LogP) is 1.51. The number of aromatic nitrogens is 2. The Labute approximate surface area is 140 Å². The lowest BCUT2D eigenvalue weighted by atomic mass is 10.3. The molecule has 2 rings (SSSR count). The summed E-state index contributed by atoms with van der Waals surface area (Å²) >= 11 is 0. The molecule has 24 heavy (non-hydrogen) atoms. The molecule has 0 unspecified atom stereocenters. The molecule has 7 heteroatoms. The molecule has 0 aliphatic carbocycles. The molecule has 7 nitrogen and oxygen atoms in total. The molecule has 0 fully saturated rings. The number of benzene rings is 1. The standard InChI is InChI=1S/C17H20N4O3/c1-3-21(14-8-5-4-6-9-14)15(22)13-24-16(23)12-20(2)17-18-10-7-11-19-17/h4-11H,3,12-13H2,1-2H3. The van der Waals surface area contributed by atoms with Gasteiger partial charge in [-0.3, -0.25) is 9.59 Å². The molecule has 1 aromatic carbocycles. The minimum absolute atomic E-state index is 0.0330. The van der Waals surface area contributed by atoms with Gasteiger partial charge in [-0.25, -0.2) is 9.97 Å². The van der Waals surface area contributed by atoms with Crippen molar-refractivity contribution in [3.05, 3.63) is 48.8 Å². The fourth-order valence-electron chi connectivity index (χ4n) is 2.13. The molecule has 0 radical (unpaired) electrons. The molecule has 0 saturated carbocycles. The highest BCUT2D eigenvalue weighted by Gasteiger charge is 2.17. The van der Waals surface area contributed by atoms with Gasteiger partial charge in [0, 0.05) is 31.7 Å². The summed E-state index contributed by atoms with van der Waals surface area (Å²) in [7, 11) is 1.68. The topological polar surface area (TPSA) is 75.6 Å². The minimum atomic E-state index is -0.512. The minimum Gasteiger partial charge on any atom is -0.454 e. The van der Waals surface area contributed by atoms with Crippen molar-refractivity contribution in [2.45, 2.75) is 6.92 Å². The van der Waals surface area contributed by atoms with Crippen LogP contribution in [0.1, 0.15) is 6.92 Å². The Hall–Kier alpha value is -2.96. The summed E-state index contributed by atoms with van der Waals surface area (Å²) in [6, 6.07) is 11.0. The van der Waals surface area contributed by atoms with Crippen LogP contribution >= 0.6 is 0 Å². The fourth-order valence-corrected chi connectivity index (χ4v) is 2.13. The largest absolute Gasteiger partial charge is 0.454 e. The van der Waals surface area contributed by atoms with Gasteiger partial charge in [0.25, 0.3) is 5.91 Å². The first kappa shape index (κ1) is 17.4. The van der Waals surface area contributed by atoms with Crippen LogP contribution in [0.15, 0.2) is 48.8 Å². The zero-order chi connectivity index (χ0) is 17.4. The number of hydrogen-bond acceptors (Lipinski definition) is 6. The van der Waals surface area contributed by atoms with Crippen LogP contribution in [-0.2, 0) is 14.3 Å². The average molecular weight is 328 g/mol. The Kier molecular flexibility index (Phi) is 6.24. The number of likely N-dealkylation sites (N-methyl/N-ethyl adjacent to an activating group) is 2. The van der Waals surface area contributed by atoms with Crippen molar-refractivity contribution < 1.29 is 14.3 Å². The molecule has 0 saturated heterocycles. The van der Waals surface area contributed by atoms with E-state index >= 15 is 0 Å². The van der Waals surface area contributed by atoms with Gasteiger partial charge in [-0.2, -0.15) is 0 Å². The van der Waals surface area contributed by atoms with E-state index in [9.17, 15) is 9.59 Å². The molecule has 0 N–H and O–H groups in total. The van der Waals surface area contributed by atoms with E-state index in [0.29, 0.717) is 12.5 Å². The third kappa shape index (κ3) is 4.77. The summed E-state index contributed by atoms with van der Waals surface area (Å²) in [6.45, 7) is 2.03. The van der Waals surface area contributed by atoms with Crippen LogP contribution in [0.3, 0.4) is 0 Å². The number of para-hydroxylation sites is 1. The fraction of sp³-hybridized carbons (Fsp3) is 0.294. The average Bonchev–Trinajstić information content (AvgIpc) is 2.62. The first-order valence-electron chi connectivity index (χ1n) is 7.61. The van der Waals surface area contributed by atoms with Crippen molar-refractivity contribution in [2.75, 3.05) is 36.5 Å². The van der Waals surface area contributed by atoms with Gasteiger partial charge in [-0.05, 0) is 25.1 Å². The second-order valence-electron chi connectivity index (χ2n) is 5.04. The number of anilines is 2. The monoisotopic (exact) mass is 328 g/mol. The number of hydrogen-bond donors (Lipinski definition) is 0. The molecule has 126 valence electrons. The van der Waals surface area contributed by atoms with Crippen LogP contribution in [0.25, 0.3) is 0 Å². The molecule has 0 spiro atoms. The molecule has 0 aliphatic heterocycles. The van der Waals surface area contributed by atoms with Crippen molar-refractivity contribution in [3.8, 4) is 0 Å². The van der Waals surface area contributed by atoms with E-state index in [1.165, 1.54) is 0 Å². The van der Waals surface area contributed by atoms with Gasteiger partial charge in [-0.1, -0.05) is 18.2 Å². The van der Waals surface area contributed by atoms with Crippen molar-refractivity contribution in [1.29, 1.82) is 0 Å². The van der Waals surface area contributed by atoms with Crippen LogP contribution in [0.2, 0.25) is 0 Å². The molecule has 1 aromatic heterocycles.